The van der Waals surface area contributed by atoms with Gasteiger partial charge in [0.1, 0.15) is 5.82 Å². The zero-order chi connectivity index (χ0) is 23.1. The number of rotatable bonds is 9. The lowest BCUT2D eigenvalue weighted by Gasteiger charge is -2.29. The van der Waals surface area contributed by atoms with Crippen LogP contribution >= 0.6 is 0 Å². The minimum atomic E-state index is -0.397. The van der Waals surface area contributed by atoms with Gasteiger partial charge in [0.05, 0.1) is 16.9 Å². The number of fused-ring (bicyclic) bond motifs is 1. The fraction of sp³-hybridized carbons (Fsp3) is 0.400. The standard InChI is InChI=1S/C25H33N5O2/c1-17-11-10-12-18(2)22(17)28-25(32)30(16-9-5-4-8-15-26)19(3)23-27-21-14-7-6-13-20(21)24(31)29-23/h6-7,10-14,19H,4-5,8-9,15-16,26H2,1-3H3,(H,28,32)(H,27,29,31). The molecule has 1 aromatic heterocycles. The molecule has 7 nitrogen and oxygen atoms in total. The van der Waals surface area contributed by atoms with Crippen LogP contribution in [0.4, 0.5) is 10.5 Å². The van der Waals surface area contributed by atoms with Gasteiger partial charge >= 0.3 is 6.03 Å². The molecule has 0 aliphatic rings. The summed E-state index contributed by atoms with van der Waals surface area (Å²) in [5.74, 6) is 0.479. The van der Waals surface area contributed by atoms with Crippen LogP contribution in [0.3, 0.4) is 0 Å². The molecule has 0 radical (unpaired) electrons. The van der Waals surface area contributed by atoms with E-state index in [1.165, 1.54) is 0 Å². The van der Waals surface area contributed by atoms with Crippen LogP contribution in [0.15, 0.2) is 47.3 Å². The van der Waals surface area contributed by atoms with Gasteiger partial charge in [-0.1, -0.05) is 43.2 Å². The first-order valence-electron chi connectivity index (χ1n) is 11.2. The summed E-state index contributed by atoms with van der Waals surface area (Å²) in [4.78, 5) is 35.2. The van der Waals surface area contributed by atoms with Crippen molar-refractivity contribution in [2.75, 3.05) is 18.4 Å². The number of aromatic nitrogens is 2. The van der Waals surface area contributed by atoms with Crippen molar-refractivity contribution in [3.05, 3.63) is 69.8 Å². The number of nitrogens with two attached hydrogens (primary N) is 1. The molecule has 1 heterocycles. The van der Waals surface area contributed by atoms with Crippen LogP contribution in [0.25, 0.3) is 10.9 Å². The molecule has 3 aromatic rings. The van der Waals surface area contributed by atoms with Crippen LogP contribution in [-0.2, 0) is 0 Å². The van der Waals surface area contributed by atoms with Gasteiger partial charge in [-0.05, 0) is 63.4 Å². The Balaban J connectivity index is 1.87. The number of benzene rings is 2. The lowest BCUT2D eigenvalue weighted by Crippen LogP contribution is -2.39. The molecule has 0 aliphatic heterocycles. The van der Waals surface area contributed by atoms with E-state index >= 15 is 0 Å². The number of carbonyl (C=O) groups excluding carboxylic acids is 1. The highest BCUT2D eigenvalue weighted by Gasteiger charge is 2.24. The van der Waals surface area contributed by atoms with Gasteiger partial charge in [0.2, 0.25) is 0 Å². The van der Waals surface area contributed by atoms with E-state index < -0.39 is 6.04 Å². The third kappa shape index (κ3) is 5.53. The minimum Gasteiger partial charge on any atom is -0.330 e. The number of carbonyl (C=O) groups is 1. The van der Waals surface area contributed by atoms with E-state index in [1.807, 2.05) is 57.2 Å². The number of hydrogen-bond donors (Lipinski definition) is 3. The number of hydrogen-bond acceptors (Lipinski definition) is 4. The van der Waals surface area contributed by atoms with E-state index in [2.05, 4.69) is 15.3 Å². The van der Waals surface area contributed by atoms with Gasteiger partial charge in [-0.2, -0.15) is 0 Å². The number of anilines is 1. The first kappa shape index (κ1) is 23.5. The predicted octanol–water partition coefficient (Wildman–Crippen LogP) is 4.65. The number of amides is 2. The maximum absolute atomic E-state index is 13.4. The molecule has 0 saturated heterocycles. The number of para-hydroxylation sites is 2. The second kappa shape index (κ2) is 10.9. The first-order valence-corrected chi connectivity index (χ1v) is 11.2. The Morgan fingerprint density at radius 2 is 1.75 bits per heavy atom. The highest BCUT2D eigenvalue weighted by atomic mass is 16.2. The van der Waals surface area contributed by atoms with E-state index in [9.17, 15) is 9.59 Å². The summed E-state index contributed by atoms with van der Waals surface area (Å²) in [6.45, 7) is 7.09. The molecular weight excluding hydrogens is 402 g/mol. The molecule has 3 rings (SSSR count). The molecule has 1 atom stereocenters. The maximum atomic E-state index is 13.4. The molecule has 0 fully saturated rings. The normalized spacial score (nSPS) is 12.0. The van der Waals surface area contributed by atoms with Gasteiger partial charge in [0, 0.05) is 12.2 Å². The SMILES string of the molecule is Cc1cccc(C)c1NC(=O)N(CCCCCCN)C(C)c1nc2ccccc2c(=O)[nH]1. The number of H-pyrrole nitrogens is 1. The Morgan fingerprint density at radius 3 is 2.47 bits per heavy atom. The number of aryl methyl sites for hydroxylation is 2. The third-order valence-electron chi connectivity index (χ3n) is 5.82. The highest BCUT2D eigenvalue weighted by Crippen LogP contribution is 2.24. The molecule has 2 amide bonds. The minimum absolute atomic E-state index is 0.199. The molecule has 0 saturated carbocycles. The maximum Gasteiger partial charge on any atom is 0.322 e. The number of urea groups is 1. The van der Waals surface area contributed by atoms with Crippen molar-refractivity contribution in [3.8, 4) is 0 Å². The number of unbranched alkanes of at least 4 members (excludes halogenated alkanes) is 3. The average molecular weight is 436 g/mol. The van der Waals surface area contributed by atoms with Crippen LogP contribution in [0.1, 0.15) is 55.6 Å². The van der Waals surface area contributed by atoms with Crippen molar-refractivity contribution in [2.24, 2.45) is 5.73 Å². The fourth-order valence-corrected chi connectivity index (χ4v) is 3.89. The Kier molecular flexibility index (Phi) is 8.00. The van der Waals surface area contributed by atoms with Crippen molar-refractivity contribution < 1.29 is 4.79 Å². The second-order valence-electron chi connectivity index (χ2n) is 8.24. The van der Waals surface area contributed by atoms with Gasteiger partial charge in [-0.15, -0.1) is 0 Å². The Morgan fingerprint density at radius 1 is 1.06 bits per heavy atom. The fourth-order valence-electron chi connectivity index (χ4n) is 3.89. The second-order valence-corrected chi connectivity index (χ2v) is 8.24. The van der Waals surface area contributed by atoms with Gasteiger partial charge in [-0.25, -0.2) is 9.78 Å². The molecular formula is C25H33N5O2. The Labute approximate surface area is 189 Å². The van der Waals surface area contributed by atoms with Crippen molar-refractivity contribution >= 4 is 22.6 Å². The van der Waals surface area contributed by atoms with Crippen molar-refractivity contribution in [1.29, 1.82) is 0 Å². The van der Waals surface area contributed by atoms with Crippen molar-refractivity contribution in [1.82, 2.24) is 14.9 Å². The van der Waals surface area contributed by atoms with Gasteiger partial charge in [0.15, 0.2) is 0 Å². The number of aromatic amines is 1. The van der Waals surface area contributed by atoms with Crippen molar-refractivity contribution in [2.45, 2.75) is 52.5 Å². The summed E-state index contributed by atoms with van der Waals surface area (Å²) < 4.78 is 0. The quantitative estimate of drug-likeness (QED) is 0.425. The molecule has 32 heavy (non-hydrogen) atoms. The van der Waals surface area contributed by atoms with Crippen LogP contribution < -0.4 is 16.6 Å². The first-order chi connectivity index (χ1) is 15.4. The average Bonchev–Trinajstić information content (AvgIpc) is 2.78. The summed E-state index contributed by atoms with van der Waals surface area (Å²) in [5, 5.41) is 3.62. The lowest BCUT2D eigenvalue weighted by atomic mass is 10.1. The van der Waals surface area contributed by atoms with Gasteiger partial charge < -0.3 is 20.9 Å². The monoisotopic (exact) mass is 435 g/mol. The third-order valence-corrected chi connectivity index (χ3v) is 5.82. The van der Waals surface area contributed by atoms with Gasteiger partial charge in [0.25, 0.3) is 5.56 Å². The summed E-state index contributed by atoms with van der Waals surface area (Å²) in [6, 6.07) is 12.6. The van der Waals surface area contributed by atoms with Gasteiger partial charge in [-0.3, -0.25) is 4.79 Å². The molecule has 0 bridgehead atoms. The Bertz CT molecular complexity index is 1100. The van der Waals surface area contributed by atoms with E-state index in [4.69, 9.17) is 5.73 Å². The van der Waals surface area contributed by atoms with E-state index in [0.717, 1.165) is 42.5 Å². The van der Waals surface area contributed by atoms with Crippen LogP contribution in [0.2, 0.25) is 0 Å². The van der Waals surface area contributed by atoms with Crippen molar-refractivity contribution in [3.63, 3.8) is 0 Å². The molecule has 1 unspecified atom stereocenters. The highest BCUT2D eigenvalue weighted by molar-refractivity contribution is 5.91. The predicted molar refractivity (Wildman–Crippen MR) is 130 cm³/mol. The zero-order valence-electron chi connectivity index (χ0n) is 19.1. The van der Waals surface area contributed by atoms with Crippen LogP contribution in [-0.4, -0.2) is 34.0 Å². The summed E-state index contributed by atoms with van der Waals surface area (Å²) in [7, 11) is 0. The molecule has 170 valence electrons. The van der Waals surface area contributed by atoms with E-state index in [-0.39, 0.29) is 11.6 Å². The molecule has 0 aliphatic carbocycles. The smallest absolute Gasteiger partial charge is 0.322 e. The summed E-state index contributed by atoms with van der Waals surface area (Å²) in [6.07, 6.45) is 3.84. The number of nitrogens with one attached hydrogen (secondary N) is 2. The Hall–Kier alpha value is -3.19. The summed E-state index contributed by atoms with van der Waals surface area (Å²) >= 11 is 0. The van der Waals surface area contributed by atoms with Crippen LogP contribution in [0, 0.1) is 13.8 Å². The lowest BCUT2D eigenvalue weighted by molar-refractivity contribution is 0.188. The molecule has 0 spiro atoms. The molecule has 7 heteroatoms. The molecule has 4 N–H and O–H groups in total. The number of nitrogens with zero attached hydrogens (tertiary/aromatic N) is 2. The zero-order valence-corrected chi connectivity index (χ0v) is 19.1. The summed E-state index contributed by atoms with van der Waals surface area (Å²) in [5.41, 5.74) is 8.85. The topological polar surface area (TPSA) is 104 Å². The van der Waals surface area contributed by atoms with E-state index in [1.54, 1.807) is 11.0 Å². The molecule has 2 aromatic carbocycles. The van der Waals surface area contributed by atoms with E-state index in [0.29, 0.717) is 29.8 Å². The van der Waals surface area contributed by atoms with Crippen LogP contribution in [0.5, 0.6) is 0 Å². The largest absolute Gasteiger partial charge is 0.330 e.